The number of aromatic nitrogens is 1. The predicted molar refractivity (Wildman–Crippen MR) is 82.5 cm³/mol. The molecule has 3 nitrogen and oxygen atoms in total. The molecule has 0 fully saturated rings. The van der Waals surface area contributed by atoms with Gasteiger partial charge >= 0.3 is 0 Å². The van der Waals surface area contributed by atoms with Crippen LogP contribution in [0.1, 0.15) is 34.0 Å². The number of nitrogens with zero attached hydrogens (tertiary/aromatic N) is 1. The molecule has 0 bridgehead atoms. The Hall–Kier alpha value is -1.68. The zero-order chi connectivity index (χ0) is 14.7. The smallest absolute Gasteiger partial charge is 0.194 e. The highest BCUT2D eigenvalue weighted by atomic mass is 79.9. The Balaban J connectivity index is 2.38. The van der Waals surface area contributed by atoms with Crippen molar-refractivity contribution in [3.8, 4) is 5.75 Å². The predicted octanol–water partition coefficient (Wildman–Crippen LogP) is 4.09. The van der Waals surface area contributed by atoms with Gasteiger partial charge in [0, 0.05) is 21.8 Å². The normalized spacial score (nSPS) is 10.4. The van der Waals surface area contributed by atoms with Gasteiger partial charge in [-0.3, -0.25) is 9.78 Å². The Morgan fingerprint density at radius 1 is 1.15 bits per heavy atom. The van der Waals surface area contributed by atoms with Crippen molar-refractivity contribution in [3.05, 3.63) is 57.3 Å². The first-order chi connectivity index (χ1) is 9.52. The third kappa shape index (κ3) is 3.07. The summed E-state index contributed by atoms with van der Waals surface area (Å²) in [4.78, 5) is 16.6. The minimum Gasteiger partial charge on any atom is -0.492 e. The van der Waals surface area contributed by atoms with Gasteiger partial charge in [0.2, 0.25) is 0 Å². The first kappa shape index (κ1) is 14.7. The maximum absolute atomic E-state index is 12.5. The molecule has 1 aromatic heterocycles. The number of ether oxygens (including phenoxy) is 1. The van der Waals surface area contributed by atoms with E-state index >= 15 is 0 Å². The van der Waals surface area contributed by atoms with Crippen molar-refractivity contribution in [1.82, 2.24) is 4.98 Å². The molecule has 0 saturated heterocycles. The van der Waals surface area contributed by atoms with Crippen LogP contribution < -0.4 is 4.74 Å². The van der Waals surface area contributed by atoms with Crippen LogP contribution in [0, 0.1) is 13.8 Å². The topological polar surface area (TPSA) is 39.2 Å². The van der Waals surface area contributed by atoms with E-state index in [-0.39, 0.29) is 5.78 Å². The van der Waals surface area contributed by atoms with Crippen LogP contribution in [0.2, 0.25) is 0 Å². The van der Waals surface area contributed by atoms with Gasteiger partial charge in [0.15, 0.2) is 5.78 Å². The highest BCUT2D eigenvalue weighted by Crippen LogP contribution is 2.24. The van der Waals surface area contributed by atoms with E-state index in [1.807, 2.05) is 32.9 Å². The molecule has 1 heterocycles. The summed E-state index contributed by atoms with van der Waals surface area (Å²) in [6.45, 7) is 6.40. The van der Waals surface area contributed by atoms with Crippen LogP contribution in [-0.4, -0.2) is 17.4 Å². The summed E-state index contributed by atoms with van der Waals surface area (Å²) in [6, 6.07) is 5.49. The van der Waals surface area contributed by atoms with E-state index in [1.54, 1.807) is 18.5 Å². The summed E-state index contributed by atoms with van der Waals surface area (Å²) in [5.74, 6) is 0.571. The molecule has 0 N–H and O–H groups in total. The standard InChI is InChI=1S/C16H16BrNO2/c1-4-20-14-7-13(8-18-9-14)16(19)12-5-10(2)15(17)11(3)6-12/h5-9H,4H2,1-3H3. The molecule has 0 unspecified atom stereocenters. The number of halogens is 1. The van der Waals surface area contributed by atoms with Gasteiger partial charge in [-0.05, 0) is 50.1 Å². The van der Waals surface area contributed by atoms with Crippen molar-refractivity contribution in [2.45, 2.75) is 20.8 Å². The monoisotopic (exact) mass is 333 g/mol. The number of hydrogen-bond donors (Lipinski definition) is 0. The highest BCUT2D eigenvalue weighted by molar-refractivity contribution is 9.10. The summed E-state index contributed by atoms with van der Waals surface area (Å²) in [5.41, 5.74) is 3.29. The van der Waals surface area contributed by atoms with Crippen LogP contribution in [0.5, 0.6) is 5.75 Å². The number of hydrogen-bond acceptors (Lipinski definition) is 3. The number of pyridine rings is 1. The van der Waals surface area contributed by atoms with Crippen molar-refractivity contribution in [2.75, 3.05) is 6.61 Å². The molecule has 2 rings (SSSR count). The van der Waals surface area contributed by atoms with Gasteiger partial charge in [-0.25, -0.2) is 0 Å². The Bertz CT molecular complexity index is 630. The van der Waals surface area contributed by atoms with Crippen molar-refractivity contribution in [1.29, 1.82) is 0 Å². The maximum Gasteiger partial charge on any atom is 0.194 e. The third-order valence-electron chi connectivity index (χ3n) is 2.98. The average Bonchev–Trinajstić information content (AvgIpc) is 2.44. The molecule has 104 valence electrons. The second-order valence-electron chi connectivity index (χ2n) is 4.60. The van der Waals surface area contributed by atoms with Gasteiger partial charge in [-0.1, -0.05) is 15.9 Å². The number of ketones is 1. The van der Waals surface area contributed by atoms with Crippen LogP contribution in [0.25, 0.3) is 0 Å². The van der Waals surface area contributed by atoms with Crippen LogP contribution in [0.15, 0.2) is 35.1 Å². The lowest BCUT2D eigenvalue weighted by atomic mass is 10.0. The first-order valence-corrected chi connectivity index (χ1v) is 7.21. The Kier molecular flexibility index (Phi) is 4.55. The van der Waals surface area contributed by atoms with E-state index in [0.717, 1.165) is 15.6 Å². The van der Waals surface area contributed by atoms with E-state index in [2.05, 4.69) is 20.9 Å². The molecule has 0 spiro atoms. The third-order valence-corrected chi connectivity index (χ3v) is 4.24. The van der Waals surface area contributed by atoms with Crippen molar-refractivity contribution in [3.63, 3.8) is 0 Å². The van der Waals surface area contributed by atoms with E-state index < -0.39 is 0 Å². The van der Waals surface area contributed by atoms with E-state index in [9.17, 15) is 4.79 Å². The number of aryl methyl sites for hydroxylation is 2. The van der Waals surface area contributed by atoms with E-state index in [1.165, 1.54) is 0 Å². The molecule has 0 atom stereocenters. The van der Waals surface area contributed by atoms with Crippen molar-refractivity contribution < 1.29 is 9.53 Å². The van der Waals surface area contributed by atoms with Crippen LogP contribution >= 0.6 is 15.9 Å². The molecule has 0 saturated carbocycles. The molecular weight excluding hydrogens is 318 g/mol. The minimum atomic E-state index is -0.0437. The van der Waals surface area contributed by atoms with Crippen LogP contribution in [0.4, 0.5) is 0 Å². The zero-order valence-corrected chi connectivity index (χ0v) is 13.3. The number of benzene rings is 1. The Morgan fingerprint density at radius 3 is 2.40 bits per heavy atom. The molecule has 20 heavy (non-hydrogen) atoms. The molecule has 0 aliphatic carbocycles. The molecule has 4 heteroatoms. The summed E-state index contributed by atoms with van der Waals surface area (Å²) in [6.07, 6.45) is 3.18. The van der Waals surface area contributed by atoms with E-state index in [0.29, 0.717) is 23.5 Å². The van der Waals surface area contributed by atoms with Crippen LogP contribution in [-0.2, 0) is 0 Å². The van der Waals surface area contributed by atoms with Gasteiger partial charge in [0.25, 0.3) is 0 Å². The fraction of sp³-hybridized carbons (Fsp3) is 0.250. The highest BCUT2D eigenvalue weighted by Gasteiger charge is 2.13. The lowest BCUT2D eigenvalue weighted by Gasteiger charge is -2.08. The number of rotatable bonds is 4. The molecule has 0 radical (unpaired) electrons. The Morgan fingerprint density at radius 2 is 1.80 bits per heavy atom. The fourth-order valence-electron chi connectivity index (χ4n) is 2.03. The maximum atomic E-state index is 12.5. The summed E-state index contributed by atoms with van der Waals surface area (Å²) in [5, 5.41) is 0. The van der Waals surface area contributed by atoms with Gasteiger partial charge in [0.05, 0.1) is 12.8 Å². The van der Waals surface area contributed by atoms with Crippen molar-refractivity contribution in [2.24, 2.45) is 0 Å². The number of carbonyl (C=O) groups excluding carboxylic acids is 1. The lowest BCUT2D eigenvalue weighted by molar-refractivity contribution is 0.103. The van der Waals surface area contributed by atoms with Crippen LogP contribution in [0.3, 0.4) is 0 Å². The van der Waals surface area contributed by atoms with Crippen molar-refractivity contribution >= 4 is 21.7 Å². The Labute approximate surface area is 127 Å². The van der Waals surface area contributed by atoms with Gasteiger partial charge < -0.3 is 4.74 Å². The number of carbonyl (C=O) groups is 1. The fourth-order valence-corrected chi connectivity index (χ4v) is 2.26. The quantitative estimate of drug-likeness (QED) is 0.791. The summed E-state index contributed by atoms with van der Waals surface area (Å²) >= 11 is 3.51. The molecule has 1 aromatic carbocycles. The van der Waals surface area contributed by atoms with Gasteiger partial charge in [-0.2, -0.15) is 0 Å². The minimum absolute atomic E-state index is 0.0437. The van der Waals surface area contributed by atoms with E-state index in [4.69, 9.17) is 4.74 Å². The molecular formula is C16H16BrNO2. The molecule has 0 amide bonds. The SMILES string of the molecule is CCOc1cncc(C(=O)c2cc(C)c(Br)c(C)c2)c1. The summed E-state index contributed by atoms with van der Waals surface area (Å²) in [7, 11) is 0. The summed E-state index contributed by atoms with van der Waals surface area (Å²) < 4.78 is 6.41. The molecule has 0 aliphatic rings. The van der Waals surface area contributed by atoms with Gasteiger partial charge in [0.1, 0.15) is 5.75 Å². The van der Waals surface area contributed by atoms with Gasteiger partial charge in [-0.15, -0.1) is 0 Å². The average molecular weight is 334 g/mol. The lowest BCUT2D eigenvalue weighted by Crippen LogP contribution is -2.04. The largest absolute Gasteiger partial charge is 0.492 e. The first-order valence-electron chi connectivity index (χ1n) is 6.42. The second-order valence-corrected chi connectivity index (χ2v) is 5.39. The zero-order valence-electron chi connectivity index (χ0n) is 11.7. The molecule has 2 aromatic rings. The molecule has 0 aliphatic heterocycles. The second kappa shape index (κ2) is 6.18.